The highest BCUT2D eigenvalue weighted by atomic mass is 32.1. The fourth-order valence-corrected chi connectivity index (χ4v) is 4.11. The van der Waals surface area contributed by atoms with E-state index in [0.717, 1.165) is 18.5 Å². The molecule has 1 aliphatic rings. The number of thiophene rings is 1. The molecule has 3 N–H and O–H groups in total. The lowest BCUT2D eigenvalue weighted by Crippen LogP contribution is -2.12. The van der Waals surface area contributed by atoms with Crippen molar-refractivity contribution < 1.29 is 14.3 Å². The molecule has 132 valence electrons. The predicted molar refractivity (Wildman–Crippen MR) is 102 cm³/mol. The van der Waals surface area contributed by atoms with Crippen LogP contribution in [0, 0.1) is 0 Å². The topological polar surface area (TPSA) is 94.3 Å². The molecule has 0 unspecified atom stereocenters. The van der Waals surface area contributed by atoms with Gasteiger partial charge in [-0.05, 0) is 31.0 Å². The molecule has 0 atom stereocenters. The van der Waals surface area contributed by atoms with Gasteiger partial charge in [-0.1, -0.05) is 6.07 Å². The minimum atomic E-state index is -0.303. The van der Waals surface area contributed by atoms with Crippen molar-refractivity contribution >= 4 is 44.6 Å². The van der Waals surface area contributed by atoms with Crippen LogP contribution in [0.1, 0.15) is 38.6 Å². The number of nitrogen functional groups attached to an aromatic ring is 1. The van der Waals surface area contributed by atoms with E-state index in [2.05, 4.69) is 10.3 Å². The molecule has 0 aliphatic heterocycles. The SMILES string of the molecule is COc1cccc(NC(=O)c2sc3nc4c(cc3c2N)C(=O)CCC4)c1. The molecular formula is C19H17N3O3S. The fraction of sp³-hybridized carbons (Fsp3) is 0.211. The van der Waals surface area contributed by atoms with Gasteiger partial charge in [0.2, 0.25) is 0 Å². The van der Waals surface area contributed by atoms with Gasteiger partial charge in [-0.25, -0.2) is 4.98 Å². The van der Waals surface area contributed by atoms with Crippen molar-refractivity contribution in [1.29, 1.82) is 0 Å². The molecule has 1 aliphatic carbocycles. The van der Waals surface area contributed by atoms with Gasteiger partial charge in [0.25, 0.3) is 5.91 Å². The third kappa shape index (κ3) is 2.80. The zero-order chi connectivity index (χ0) is 18.3. The number of carbonyl (C=O) groups is 2. The smallest absolute Gasteiger partial charge is 0.267 e. The van der Waals surface area contributed by atoms with Crippen molar-refractivity contribution in [2.75, 3.05) is 18.2 Å². The van der Waals surface area contributed by atoms with Gasteiger partial charge in [0.15, 0.2) is 5.78 Å². The van der Waals surface area contributed by atoms with E-state index >= 15 is 0 Å². The molecular weight excluding hydrogens is 350 g/mol. The number of benzene rings is 1. The summed E-state index contributed by atoms with van der Waals surface area (Å²) >= 11 is 1.24. The molecule has 7 heteroatoms. The molecule has 0 spiro atoms. The van der Waals surface area contributed by atoms with Crippen LogP contribution in [0.2, 0.25) is 0 Å². The van der Waals surface area contributed by atoms with E-state index in [1.165, 1.54) is 11.3 Å². The summed E-state index contributed by atoms with van der Waals surface area (Å²) in [6.07, 6.45) is 2.13. The molecule has 6 nitrogen and oxygen atoms in total. The second-order valence-corrected chi connectivity index (χ2v) is 7.14. The zero-order valence-corrected chi connectivity index (χ0v) is 15.0. The van der Waals surface area contributed by atoms with Crippen LogP contribution in [0.3, 0.4) is 0 Å². The van der Waals surface area contributed by atoms with E-state index in [4.69, 9.17) is 10.5 Å². The van der Waals surface area contributed by atoms with Gasteiger partial charge in [-0.15, -0.1) is 11.3 Å². The highest BCUT2D eigenvalue weighted by Gasteiger charge is 2.23. The number of hydrogen-bond acceptors (Lipinski definition) is 6. The molecule has 2 heterocycles. The third-order valence-corrected chi connectivity index (χ3v) is 5.57. The number of aryl methyl sites for hydroxylation is 1. The number of amides is 1. The van der Waals surface area contributed by atoms with Gasteiger partial charge in [0, 0.05) is 29.1 Å². The summed E-state index contributed by atoms with van der Waals surface area (Å²) in [6.45, 7) is 0. The number of rotatable bonds is 3. The number of methoxy groups -OCH3 is 1. The highest BCUT2D eigenvalue weighted by Crippen LogP contribution is 2.36. The lowest BCUT2D eigenvalue weighted by molar-refractivity contribution is 0.0970. The molecule has 26 heavy (non-hydrogen) atoms. The number of hydrogen-bond donors (Lipinski definition) is 2. The Labute approximate surface area is 154 Å². The van der Waals surface area contributed by atoms with Gasteiger partial charge < -0.3 is 15.8 Å². The summed E-state index contributed by atoms with van der Waals surface area (Å²) in [5, 5.41) is 3.50. The Balaban J connectivity index is 1.71. The molecule has 1 amide bonds. The number of ether oxygens (including phenoxy) is 1. The lowest BCUT2D eigenvalue weighted by Gasteiger charge is -2.13. The van der Waals surface area contributed by atoms with E-state index in [1.54, 1.807) is 37.4 Å². The number of pyridine rings is 1. The van der Waals surface area contributed by atoms with Gasteiger partial charge in [0.1, 0.15) is 15.5 Å². The second kappa shape index (κ2) is 6.42. The second-order valence-electron chi connectivity index (χ2n) is 6.14. The minimum absolute atomic E-state index is 0.0913. The summed E-state index contributed by atoms with van der Waals surface area (Å²) in [6, 6.07) is 8.89. The maximum atomic E-state index is 12.7. The van der Waals surface area contributed by atoms with E-state index in [-0.39, 0.29) is 11.7 Å². The molecule has 1 aromatic carbocycles. The Morgan fingerprint density at radius 2 is 2.15 bits per heavy atom. The van der Waals surface area contributed by atoms with Crippen LogP contribution < -0.4 is 15.8 Å². The Bertz CT molecular complexity index is 1040. The first-order valence-corrected chi connectivity index (χ1v) is 9.09. The van der Waals surface area contributed by atoms with Gasteiger partial charge in [-0.2, -0.15) is 0 Å². The maximum Gasteiger partial charge on any atom is 0.267 e. The minimum Gasteiger partial charge on any atom is -0.497 e. The number of anilines is 2. The molecule has 0 bridgehead atoms. The number of aromatic nitrogens is 1. The van der Waals surface area contributed by atoms with E-state index in [1.807, 2.05) is 0 Å². The van der Waals surface area contributed by atoms with Crippen molar-refractivity contribution in [3.63, 3.8) is 0 Å². The van der Waals surface area contributed by atoms with Crippen molar-refractivity contribution in [3.8, 4) is 5.75 Å². The van der Waals surface area contributed by atoms with Crippen LogP contribution in [-0.4, -0.2) is 23.8 Å². The van der Waals surface area contributed by atoms with Gasteiger partial charge in [-0.3, -0.25) is 9.59 Å². The highest BCUT2D eigenvalue weighted by molar-refractivity contribution is 7.21. The molecule has 0 fully saturated rings. The fourth-order valence-electron chi connectivity index (χ4n) is 3.12. The number of nitrogens with one attached hydrogen (secondary N) is 1. The average molecular weight is 367 g/mol. The normalized spacial score (nSPS) is 13.5. The Hall–Kier alpha value is -2.93. The third-order valence-electron chi connectivity index (χ3n) is 4.45. The number of carbonyl (C=O) groups excluding carboxylic acids is 2. The summed E-state index contributed by atoms with van der Waals surface area (Å²) in [5.41, 5.74) is 8.61. The van der Waals surface area contributed by atoms with Crippen LogP contribution in [-0.2, 0) is 6.42 Å². The van der Waals surface area contributed by atoms with Crippen LogP contribution in [0.4, 0.5) is 11.4 Å². The lowest BCUT2D eigenvalue weighted by atomic mass is 9.94. The largest absolute Gasteiger partial charge is 0.497 e. The molecule has 0 saturated carbocycles. The number of ketones is 1. The predicted octanol–water partition coefficient (Wildman–Crippen LogP) is 3.66. The summed E-state index contributed by atoms with van der Waals surface area (Å²) in [7, 11) is 1.57. The first-order chi connectivity index (χ1) is 12.6. The summed E-state index contributed by atoms with van der Waals surface area (Å²) in [5.74, 6) is 0.441. The molecule has 2 aromatic heterocycles. The maximum absolute atomic E-state index is 12.7. The molecule has 0 saturated heterocycles. The number of nitrogens with zero attached hydrogens (tertiary/aromatic N) is 1. The molecule has 0 radical (unpaired) electrons. The number of Topliss-reactive ketones (excluding diaryl/α,β-unsaturated/α-hetero) is 1. The van der Waals surface area contributed by atoms with Crippen molar-refractivity contribution in [1.82, 2.24) is 4.98 Å². The summed E-state index contributed by atoms with van der Waals surface area (Å²) < 4.78 is 5.17. The first kappa shape index (κ1) is 16.5. The Morgan fingerprint density at radius 3 is 2.96 bits per heavy atom. The van der Waals surface area contributed by atoms with Crippen LogP contribution in [0.5, 0.6) is 5.75 Å². The Kier molecular flexibility index (Phi) is 4.08. The Morgan fingerprint density at radius 1 is 1.31 bits per heavy atom. The van der Waals surface area contributed by atoms with Crippen LogP contribution in [0.15, 0.2) is 30.3 Å². The van der Waals surface area contributed by atoms with E-state index in [9.17, 15) is 9.59 Å². The first-order valence-electron chi connectivity index (χ1n) is 8.27. The van der Waals surface area contributed by atoms with Crippen LogP contribution in [0.25, 0.3) is 10.2 Å². The number of fused-ring (bicyclic) bond motifs is 2. The standard InChI is InChI=1S/C19H17N3O3S/c1-25-11-5-2-4-10(8-11)21-18(24)17-16(20)13-9-12-14(22-19(13)26-17)6-3-7-15(12)23/h2,4-5,8-9H,3,6-7,20H2,1H3,(H,21,24). The molecule has 3 aromatic rings. The van der Waals surface area contributed by atoms with Gasteiger partial charge in [0.05, 0.1) is 18.5 Å². The average Bonchev–Trinajstić information content (AvgIpc) is 2.97. The van der Waals surface area contributed by atoms with Crippen molar-refractivity contribution in [3.05, 3.63) is 46.5 Å². The summed E-state index contributed by atoms with van der Waals surface area (Å²) in [4.78, 5) is 30.5. The zero-order valence-electron chi connectivity index (χ0n) is 14.2. The van der Waals surface area contributed by atoms with Crippen molar-refractivity contribution in [2.24, 2.45) is 0 Å². The monoisotopic (exact) mass is 367 g/mol. The van der Waals surface area contributed by atoms with Crippen molar-refractivity contribution in [2.45, 2.75) is 19.3 Å². The van der Waals surface area contributed by atoms with Gasteiger partial charge >= 0.3 is 0 Å². The number of nitrogens with two attached hydrogens (primary N) is 1. The van der Waals surface area contributed by atoms with E-state index < -0.39 is 0 Å². The quantitative estimate of drug-likeness (QED) is 0.737. The molecule has 4 rings (SSSR count). The van der Waals surface area contributed by atoms with E-state index in [0.29, 0.717) is 44.2 Å². The van der Waals surface area contributed by atoms with Crippen LogP contribution >= 0.6 is 11.3 Å².